The smallest absolute Gasteiger partial charge is 0.274 e. The molecule has 0 aromatic carbocycles. The van der Waals surface area contributed by atoms with Crippen molar-refractivity contribution in [2.24, 2.45) is 5.92 Å². The molecule has 1 amide bonds. The minimum atomic E-state index is -0.229. The molecule has 20 heavy (non-hydrogen) atoms. The molecule has 0 fully saturated rings. The van der Waals surface area contributed by atoms with Gasteiger partial charge in [0, 0.05) is 6.20 Å². The van der Waals surface area contributed by atoms with Crippen molar-refractivity contribution < 1.29 is 4.79 Å². The third-order valence-electron chi connectivity index (χ3n) is 3.02. The number of imidazole rings is 1. The minimum absolute atomic E-state index is 0.229. The molecule has 0 saturated heterocycles. The van der Waals surface area contributed by atoms with Crippen molar-refractivity contribution in [2.45, 2.75) is 33.6 Å². The summed E-state index contributed by atoms with van der Waals surface area (Å²) in [5.74, 6) is 1.72. The summed E-state index contributed by atoms with van der Waals surface area (Å²) in [6.45, 7) is 6.21. The van der Waals surface area contributed by atoms with Crippen LogP contribution in [0, 0.1) is 12.8 Å². The molecule has 5 nitrogen and oxygen atoms in total. The van der Waals surface area contributed by atoms with Gasteiger partial charge in [0.1, 0.15) is 17.3 Å². The summed E-state index contributed by atoms with van der Waals surface area (Å²) in [4.78, 5) is 23.1. The van der Waals surface area contributed by atoms with Gasteiger partial charge in [-0.2, -0.15) is 0 Å². The van der Waals surface area contributed by atoms with Gasteiger partial charge < -0.3 is 10.3 Å². The Morgan fingerprint density at radius 2 is 2.10 bits per heavy atom. The number of H-pyrrole nitrogens is 1. The van der Waals surface area contributed by atoms with Crippen molar-refractivity contribution in [1.29, 1.82) is 0 Å². The zero-order valence-electron chi connectivity index (χ0n) is 12.1. The second kappa shape index (κ2) is 6.32. The number of nitrogens with zero attached hydrogens (tertiary/aromatic N) is 2. The Hall–Kier alpha value is -2.17. The van der Waals surface area contributed by atoms with Gasteiger partial charge in [-0.25, -0.2) is 9.97 Å². The molecular formula is C15H20N4O. The first kappa shape index (κ1) is 14.2. The molecule has 2 N–H and O–H groups in total. The van der Waals surface area contributed by atoms with Gasteiger partial charge in [-0.1, -0.05) is 19.9 Å². The van der Waals surface area contributed by atoms with E-state index in [0.717, 1.165) is 12.8 Å². The van der Waals surface area contributed by atoms with E-state index in [4.69, 9.17) is 0 Å². The number of carbonyl (C=O) groups is 1. The predicted molar refractivity (Wildman–Crippen MR) is 78.7 cm³/mol. The quantitative estimate of drug-likeness (QED) is 0.879. The molecule has 2 heterocycles. The number of hydrogen-bond donors (Lipinski definition) is 2. The molecule has 0 spiro atoms. The number of hydrogen-bond acceptors (Lipinski definition) is 3. The van der Waals surface area contributed by atoms with Crippen LogP contribution < -0.4 is 5.32 Å². The molecule has 106 valence electrons. The summed E-state index contributed by atoms with van der Waals surface area (Å²) in [5.41, 5.74) is 1.63. The van der Waals surface area contributed by atoms with Gasteiger partial charge in [-0.15, -0.1) is 0 Å². The van der Waals surface area contributed by atoms with Gasteiger partial charge in [0.05, 0.1) is 6.20 Å². The Balaban J connectivity index is 1.95. The number of carbonyl (C=O) groups excluding carboxylic acids is 1. The summed E-state index contributed by atoms with van der Waals surface area (Å²) in [5, 5.41) is 2.74. The third-order valence-corrected chi connectivity index (χ3v) is 3.02. The number of aryl methyl sites for hydroxylation is 2. The third kappa shape index (κ3) is 3.91. The van der Waals surface area contributed by atoms with Gasteiger partial charge in [0.15, 0.2) is 0 Å². The van der Waals surface area contributed by atoms with Crippen LogP contribution >= 0.6 is 0 Å². The van der Waals surface area contributed by atoms with E-state index in [0.29, 0.717) is 23.3 Å². The standard InChI is InChI=1S/C15H20N4O/c1-10(2)4-5-12-6-7-14(17-8-12)19-15(20)13-9-16-11(3)18-13/h6-10H,4-5H2,1-3H3,(H,16,18)(H,17,19,20). The maximum Gasteiger partial charge on any atom is 0.274 e. The molecule has 0 atom stereocenters. The van der Waals surface area contributed by atoms with Crippen LogP contribution in [0.1, 0.15) is 42.1 Å². The highest BCUT2D eigenvalue weighted by Crippen LogP contribution is 2.11. The predicted octanol–water partition coefficient (Wildman–Crippen LogP) is 2.95. The summed E-state index contributed by atoms with van der Waals surface area (Å²) in [7, 11) is 0. The van der Waals surface area contributed by atoms with E-state index in [9.17, 15) is 4.79 Å². The number of aromatic amines is 1. The van der Waals surface area contributed by atoms with E-state index in [-0.39, 0.29) is 5.91 Å². The monoisotopic (exact) mass is 272 g/mol. The van der Waals surface area contributed by atoms with Crippen molar-refractivity contribution in [1.82, 2.24) is 15.0 Å². The van der Waals surface area contributed by atoms with E-state index in [1.54, 1.807) is 6.92 Å². The summed E-state index contributed by atoms with van der Waals surface area (Å²) in [6, 6.07) is 3.83. The van der Waals surface area contributed by atoms with E-state index in [2.05, 4.69) is 34.1 Å². The highest BCUT2D eigenvalue weighted by molar-refractivity contribution is 6.02. The topological polar surface area (TPSA) is 70.7 Å². The van der Waals surface area contributed by atoms with Gasteiger partial charge in [0.25, 0.3) is 5.91 Å². The fraction of sp³-hybridized carbons (Fsp3) is 0.400. The van der Waals surface area contributed by atoms with Crippen LogP contribution in [-0.4, -0.2) is 20.9 Å². The molecule has 0 radical (unpaired) electrons. The Morgan fingerprint density at radius 1 is 1.30 bits per heavy atom. The van der Waals surface area contributed by atoms with Crippen LogP contribution in [0.3, 0.4) is 0 Å². The molecule has 0 aliphatic carbocycles. The van der Waals surface area contributed by atoms with Crippen molar-refractivity contribution >= 4 is 11.7 Å². The van der Waals surface area contributed by atoms with Crippen molar-refractivity contribution in [2.75, 3.05) is 5.32 Å². The first-order valence-corrected chi connectivity index (χ1v) is 6.82. The Kier molecular flexibility index (Phi) is 4.50. The van der Waals surface area contributed by atoms with Gasteiger partial charge >= 0.3 is 0 Å². The molecule has 0 bridgehead atoms. The first-order valence-electron chi connectivity index (χ1n) is 6.82. The Morgan fingerprint density at radius 3 is 2.65 bits per heavy atom. The van der Waals surface area contributed by atoms with E-state index < -0.39 is 0 Å². The molecule has 0 unspecified atom stereocenters. The normalized spacial score (nSPS) is 10.8. The second-order valence-electron chi connectivity index (χ2n) is 5.32. The lowest BCUT2D eigenvalue weighted by atomic mass is 10.0. The maximum absolute atomic E-state index is 11.9. The number of rotatable bonds is 5. The average Bonchev–Trinajstić information content (AvgIpc) is 2.85. The largest absolute Gasteiger partial charge is 0.338 e. The van der Waals surface area contributed by atoms with Crippen LogP contribution in [-0.2, 0) is 6.42 Å². The highest BCUT2D eigenvalue weighted by atomic mass is 16.1. The molecule has 2 aromatic rings. The SMILES string of the molecule is Cc1ncc(C(=O)Nc2ccc(CCC(C)C)cn2)[nH]1. The molecule has 0 saturated carbocycles. The first-order chi connectivity index (χ1) is 9.54. The molecule has 0 aliphatic heterocycles. The average molecular weight is 272 g/mol. The van der Waals surface area contributed by atoms with E-state index >= 15 is 0 Å². The maximum atomic E-state index is 11.9. The number of nitrogens with one attached hydrogen (secondary N) is 2. The Bertz CT molecular complexity index is 572. The second-order valence-corrected chi connectivity index (χ2v) is 5.32. The van der Waals surface area contributed by atoms with Crippen LogP contribution in [0.5, 0.6) is 0 Å². The van der Waals surface area contributed by atoms with E-state index in [1.807, 2.05) is 18.3 Å². The molecule has 2 rings (SSSR count). The zero-order valence-corrected chi connectivity index (χ0v) is 12.1. The van der Waals surface area contributed by atoms with Crippen LogP contribution in [0.25, 0.3) is 0 Å². The van der Waals surface area contributed by atoms with Crippen LogP contribution in [0.4, 0.5) is 5.82 Å². The molecule has 5 heteroatoms. The van der Waals surface area contributed by atoms with Gasteiger partial charge in [-0.3, -0.25) is 4.79 Å². The fourth-order valence-electron chi connectivity index (χ4n) is 1.82. The van der Waals surface area contributed by atoms with Crippen molar-refractivity contribution in [3.8, 4) is 0 Å². The minimum Gasteiger partial charge on any atom is -0.338 e. The molecule has 2 aromatic heterocycles. The van der Waals surface area contributed by atoms with Crippen molar-refractivity contribution in [3.05, 3.63) is 41.6 Å². The lowest BCUT2D eigenvalue weighted by molar-refractivity contribution is 0.102. The zero-order chi connectivity index (χ0) is 14.5. The highest BCUT2D eigenvalue weighted by Gasteiger charge is 2.09. The van der Waals surface area contributed by atoms with Crippen LogP contribution in [0.2, 0.25) is 0 Å². The fourth-order valence-corrected chi connectivity index (χ4v) is 1.82. The summed E-state index contributed by atoms with van der Waals surface area (Å²) < 4.78 is 0. The van der Waals surface area contributed by atoms with Gasteiger partial charge in [0.2, 0.25) is 0 Å². The number of aromatic nitrogens is 3. The lowest BCUT2D eigenvalue weighted by Gasteiger charge is -2.06. The Labute approximate surface area is 118 Å². The summed E-state index contributed by atoms with van der Waals surface area (Å²) in [6.07, 6.45) is 5.48. The van der Waals surface area contributed by atoms with Crippen LogP contribution in [0.15, 0.2) is 24.5 Å². The number of amides is 1. The molecular weight excluding hydrogens is 252 g/mol. The number of pyridine rings is 1. The van der Waals surface area contributed by atoms with Gasteiger partial charge in [-0.05, 0) is 37.3 Å². The van der Waals surface area contributed by atoms with Crippen molar-refractivity contribution in [3.63, 3.8) is 0 Å². The summed E-state index contributed by atoms with van der Waals surface area (Å²) >= 11 is 0. The number of anilines is 1. The molecule has 0 aliphatic rings. The lowest BCUT2D eigenvalue weighted by Crippen LogP contribution is -2.13. The van der Waals surface area contributed by atoms with E-state index in [1.165, 1.54) is 11.8 Å².